The quantitative estimate of drug-likeness (QED) is 0.774. The highest BCUT2D eigenvalue weighted by Crippen LogP contribution is 2.39. The molecule has 29 heavy (non-hydrogen) atoms. The number of methoxy groups -OCH3 is 2. The molecular formula is C22H26N2O5. The first-order chi connectivity index (χ1) is 13.9. The molecule has 2 amide bonds. The number of hydrogen-bond acceptors (Lipinski definition) is 5. The molecule has 1 aliphatic rings. The third kappa shape index (κ3) is 4.45. The fraction of sp³-hybridized carbons (Fsp3) is 0.364. The number of aryl methyl sites for hydroxylation is 1. The van der Waals surface area contributed by atoms with Gasteiger partial charge in [0, 0.05) is 12.1 Å². The van der Waals surface area contributed by atoms with Crippen molar-refractivity contribution in [1.29, 1.82) is 0 Å². The van der Waals surface area contributed by atoms with Gasteiger partial charge >= 0.3 is 0 Å². The lowest BCUT2D eigenvalue weighted by atomic mass is 10.0. The summed E-state index contributed by atoms with van der Waals surface area (Å²) < 4.78 is 16.5. The third-order valence-electron chi connectivity index (χ3n) is 5.12. The van der Waals surface area contributed by atoms with Crippen LogP contribution in [0.15, 0.2) is 36.4 Å². The highest BCUT2D eigenvalue weighted by molar-refractivity contribution is 5.95. The zero-order chi connectivity index (χ0) is 21.0. The summed E-state index contributed by atoms with van der Waals surface area (Å²) in [6, 6.07) is 10.6. The van der Waals surface area contributed by atoms with Crippen molar-refractivity contribution in [2.24, 2.45) is 5.73 Å². The Kier molecular flexibility index (Phi) is 6.26. The number of hydrogen-bond donors (Lipinski definition) is 1. The molecule has 2 aromatic carbocycles. The summed E-state index contributed by atoms with van der Waals surface area (Å²) in [5, 5.41) is 0. The Balaban J connectivity index is 1.78. The van der Waals surface area contributed by atoms with E-state index in [0.29, 0.717) is 23.8 Å². The molecule has 2 N–H and O–H groups in total. The van der Waals surface area contributed by atoms with Crippen LogP contribution in [0, 0.1) is 6.92 Å². The standard InChI is InChI=1S/C22H26N2O5/c1-14-6-8-16(22(23)26)20(11-14)29-13-21(25)24-10-4-5-18(24)17-12-15(27-2)7-9-19(17)28-3/h6-9,11-12,18H,4-5,10,13H2,1-3H3,(H2,23,26). The van der Waals surface area contributed by atoms with Crippen LogP contribution in [-0.2, 0) is 4.79 Å². The van der Waals surface area contributed by atoms with E-state index in [1.807, 2.05) is 25.1 Å². The van der Waals surface area contributed by atoms with E-state index in [9.17, 15) is 9.59 Å². The van der Waals surface area contributed by atoms with Gasteiger partial charge < -0.3 is 24.8 Å². The van der Waals surface area contributed by atoms with Crippen molar-refractivity contribution in [1.82, 2.24) is 4.90 Å². The number of primary amides is 1. The second-order valence-electron chi connectivity index (χ2n) is 7.01. The average Bonchev–Trinajstić information content (AvgIpc) is 3.21. The Hall–Kier alpha value is -3.22. The fourth-order valence-corrected chi connectivity index (χ4v) is 3.66. The predicted octanol–water partition coefficient (Wildman–Crippen LogP) is 2.85. The maximum atomic E-state index is 12.9. The summed E-state index contributed by atoms with van der Waals surface area (Å²) >= 11 is 0. The van der Waals surface area contributed by atoms with Gasteiger partial charge in [0.05, 0.1) is 25.8 Å². The lowest BCUT2D eigenvalue weighted by Gasteiger charge is -2.27. The van der Waals surface area contributed by atoms with Crippen LogP contribution in [0.2, 0.25) is 0 Å². The number of likely N-dealkylation sites (tertiary alicyclic amines) is 1. The van der Waals surface area contributed by atoms with Gasteiger partial charge in [-0.25, -0.2) is 0 Å². The summed E-state index contributed by atoms with van der Waals surface area (Å²) in [6.45, 7) is 2.33. The van der Waals surface area contributed by atoms with E-state index in [1.54, 1.807) is 37.3 Å². The number of nitrogens with zero attached hydrogens (tertiary/aromatic N) is 1. The molecule has 2 aromatic rings. The van der Waals surface area contributed by atoms with Gasteiger partial charge in [-0.3, -0.25) is 9.59 Å². The highest BCUT2D eigenvalue weighted by atomic mass is 16.5. The van der Waals surface area contributed by atoms with Crippen LogP contribution in [-0.4, -0.2) is 44.1 Å². The molecule has 3 rings (SSSR count). The molecule has 1 saturated heterocycles. The molecule has 0 aliphatic carbocycles. The van der Waals surface area contributed by atoms with Gasteiger partial charge in [0.1, 0.15) is 17.2 Å². The van der Waals surface area contributed by atoms with Crippen molar-refractivity contribution >= 4 is 11.8 Å². The molecule has 1 fully saturated rings. The molecule has 1 atom stereocenters. The molecule has 0 radical (unpaired) electrons. The van der Waals surface area contributed by atoms with Crippen molar-refractivity contribution in [3.05, 3.63) is 53.1 Å². The first kappa shape index (κ1) is 20.5. The first-order valence-corrected chi connectivity index (χ1v) is 9.49. The fourth-order valence-electron chi connectivity index (χ4n) is 3.66. The molecule has 1 heterocycles. The number of carbonyl (C=O) groups is 2. The molecule has 0 aromatic heterocycles. The maximum absolute atomic E-state index is 12.9. The minimum absolute atomic E-state index is 0.121. The Morgan fingerprint density at radius 1 is 1.10 bits per heavy atom. The Labute approximate surface area is 170 Å². The van der Waals surface area contributed by atoms with Crippen LogP contribution in [0.4, 0.5) is 0 Å². The zero-order valence-corrected chi connectivity index (χ0v) is 16.9. The van der Waals surface area contributed by atoms with Gasteiger partial charge in [-0.15, -0.1) is 0 Å². The Morgan fingerprint density at radius 3 is 2.59 bits per heavy atom. The maximum Gasteiger partial charge on any atom is 0.261 e. The Bertz CT molecular complexity index is 912. The summed E-state index contributed by atoms with van der Waals surface area (Å²) in [7, 11) is 3.22. The summed E-state index contributed by atoms with van der Waals surface area (Å²) in [5.74, 6) is 0.996. The first-order valence-electron chi connectivity index (χ1n) is 9.49. The number of benzene rings is 2. The van der Waals surface area contributed by atoms with E-state index in [1.165, 1.54) is 0 Å². The van der Waals surface area contributed by atoms with E-state index in [-0.39, 0.29) is 24.1 Å². The van der Waals surface area contributed by atoms with E-state index >= 15 is 0 Å². The topological polar surface area (TPSA) is 91.1 Å². The zero-order valence-electron chi connectivity index (χ0n) is 16.9. The second kappa shape index (κ2) is 8.86. The predicted molar refractivity (Wildman–Crippen MR) is 108 cm³/mol. The number of carbonyl (C=O) groups excluding carboxylic acids is 2. The van der Waals surface area contributed by atoms with Crippen molar-refractivity contribution in [3.8, 4) is 17.2 Å². The molecular weight excluding hydrogens is 372 g/mol. The van der Waals surface area contributed by atoms with Gasteiger partial charge in [-0.1, -0.05) is 6.07 Å². The van der Waals surface area contributed by atoms with E-state index in [4.69, 9.17) is 19.9 Å². The summed E-state index contributed by atoms with van der Waals surface area (Å²) in [6.07, 6.45) is 1.71. The second-order valence-corrected chi connectivity index (χ2v) is 7.01. The molecule has 7 heteroatoms. The van der Waals surface area contributed by atoms with Crippen LogP contribution in [0.3, 0.4) is 0 Å². The lowest BCUT2D eigenvalue weighted by molar-refractivity contribution is -0.134. The van der Waals surface area contributed by atoms with Crippen LogP contribution < -0.4 is 19.9 Å². The monoisotopic (exact) mass is 398 g/mol. The average molecular weight is 398 g/mol. The lowest BCUT2D eigenvalue weighted by Crippen LogP contribution is -2.34. The molecule has 154 valence electrons. The van der Waals surface area contributed by atoms with E-state index in [2.05, 4.69) is 0 Å². The highest BCUT2D eigenvalue weighted by Gasteiger charge is 2.32. The number of rotatable bonds is 7. The number of nitrogens with two attached hydrogens (primary N) is 1. The smallest absolute Gasteiger partial charge is 0.261 e. The van der Waals surface area contributed by atoms with E-state index in [0.717, 1.165) is 24.0 Å². The molecule has 1 aliphatic heterocycles. The largest absolute Gasteiger partial charge is 0.497 e. The minimum Gasteiger partial charge on any atom is -0.497 e. The van der Waals surface area contributed by atoms with Gasteiger partial charge in [-0.05, 0) is 55.7 Å². The van der Waals surface area contributed by atoms with Crippen LogP contribution in [0.5, 0.6) is 17.2 Å². The molecule has 0 saturated carbocycles. The van der Waals surface area contributed by atoms with Crippen LogP contribution in [0.25, 0.3) is 0 Å². The molecule has 1 unspecified atom stereocenters. The number of ether oxygens (including phenoxy) is 3. The van der Waals surface area contributed by atoms with Crippen molar-refractivity contribution < 1.29 is 23.8 Å². The third-order valence-corrected chi connectivity index (χ3v) is 5.12. The Morgan fingerprint density at radius 2 is 1.90 bits per heavy atom. The summed E-state index contributed by atoms with van der Waals surface area (Å²) in [4.78, 5) is 26.3. The molecule has 0 spiro atoms. The van der Waals surface area contributed by atoms with E-state index < -0.39 is 5.91 Å². The SMILES string of the molecule is COc1ccc(OC)c(C2CCCN2C(=O)COc2cc(C)ccc2C(N)=O)c1. The van der Waals surface area contributed by atoms with Crippen molar-refractivity contribution in [2.75, 3.05) is 27.4 Å². The molecule has 7 nitrogen and oxygen atoms in total. The van der Waals surface area contributed by atoms with Crippen molar-refractivity contribution in [2.45, 2.75) is 25.8 Å². The van der Waals surface area contributed by atoms with Crippen molar-refractivity contribution in [3.63, 3.8) is 0 Å². The molecule has 0 bridgehead atoms. The summed E-state index contributed by atoms with van der Waals surface area (Å²) in [5.41, 5.74) is 7.49. The van der Waals surface area contributed by atoms with Gasteiger partial charge in [0.15, 0.2) is 6.61 Å². The van der Waals surface area contributed by atoms with Crippen LogP contribution in [0.1, 0.15) is 40.4 Å². The van der Waals surface area contributed by atoms with Gasteiger partial charge in [-0.2, -0.15) is 0 Å². The minimum atomic E-state index is -0.590. The number of amides is 2. The van der Waals surface area contributed by atoms with Crippen LogP contribution >= 0.6 is 0 Å². The van der Waals surface area contributed by atoms with Gasteiger partial charge in [0.2, 0.25) is 0 Å². The van der Waals surface area contributed by atoms with Gasteiger partial charge in [0.25, 0.3) is 11.8 Å². The normalized spacial score (nSPS) is 15.8.